The highest BCUT2D eigenvalue weighted by Crippen LogP contribution is 2.32. The molecule has 21 heavy (non-hydrogen) atoms. The average Bonchev–Trinajstić information content (AvgIpc) is 2.89. The van der Waals surface area contributed by atoms with Gasteiger partial charge in [-0.05, 0) is 35.6 Å². The molecule has 114 valence electrons. The van der Waals surface area contributed by atoms with Crippen molar-refractivity contribution >= 4 is 32.7 Å². The van der Waals surface area contributed by atoms with E-state index in [-0.39, 0.29) is 10.9 Å². The first-order valence-electron chi connectivity index (χ1n) is 6.51. The molecule has 0 saturated carbocycles. The molecule has 1 aromatic heterocycles. The van der Waals surface area contributed by atoms with Crippen LogP contribution in [0.3, 0.4) is 0 Å². The predicted octanol–water partition coefficient (Wildman–Crippen LogP) is 2.79. The Morgan fingerprint density at radius 3 is 2.48 bits per heavy atom. The van der Waals surface area contributed by atoms with Crippen molar-refractivity contribution in [1.29, 1.82) is 0 Å². The molecule has 2 aromatic rings. The van der Waals surface area contributed by atoms with Crippen LogP contribution >= 0.6 is 11.3 Å². The fourth-order valence-corrected chi connectivity index (χ4v) is 3.53. The van der Waals surface area contributed by atoms with E-state index in [1.807, 2.05) is 17.5 Å². The summed E-state index contributed by atoms with van der Waals surface area (Å²) in [7, 11) is -3.74. The second-order valence-electron chi connectivity index (χ2n) is 5.18. The van der Waals surface area contributed by atoms with Gasteiger partial charge >= 0.3 is 0 Å². The first kappa shape index (κ1) is 15.8. The zero-order chi connectivity index (χ0) is 15.6. The molecule has 1 unspecified atom stereocenters. The van der Waals surface area contributed by atoms with Crippen molar-refractivity contribution in [3.8, 4) is 0 Å². The number of rotatable bonds is 5. The van der Waals surface area contributed by atoms with Gasteiger partial charge in [-0.2, -0.15) is 0 Å². The first-order valence-corrected chi connectivity index (χ1v) is 8.94. The maximum atomic E-state index is 11.5. The highest BCUT2D eigenvalue weighted by Gasteiger charge is 2.19. The third-order valence-electron chi connectivity index (χ3n) is 3.18. The molecule has 2 rings (SSSR count). The van der Waals surface area contributed by atoms with Crippen LogP contribution in [0, 0.1) is 5.92 Å². The van der Waals surface area contributed by atoms with Crippen LogP contribution in [0.2, 0.25) is 0 Å². The smallest absolute Gasteiger partial charge is 0.238 e. The quantitative estimate of drug-likeness (QED) is 0.736. The highest BCUT2D eigenvalue weighted by molar-refractivity contribution is 7.89. The second kappa shape index (κ2) is 6.05. The van der Waals surface area contributed by atoms with Gasteiger partial charge in [0.1, 0.15) is 0 Å². The summed E-state index contributed by atoms with van der Waals surface area (Å²) in [6.45, 7) is 4.19. The molecule has 5 N–H and O–H groups in total. The lowest BCUT2D eigenvalue weighted by Crippen LogP contribution is -2.18. The molecule has 0 radical (unpaired) electrons. The van der Waals surface area contributed by atoms with Crippen molar-refractivity contribution in [2.24, 2.45) is 11.1 Å². The molecule has 0 amide bonds. The van der Waals surface area contributed by atoms with Gasteiger partial charge in [-0.15, -0.1) is 11.3 Å². The van der Waals surface area contributed by atoms with Crippen LogP contribution < -0.4 is 16.2 Å². The minimum atomic E-state index is -3.74. The number of primary sulfonamides is 1. The van der Waals surface area contributed by atoms with Crippen LogP contribution in [-0.4, -0.2) is 8.42 Å². The Hall–Kier alpha value is -1.57. The van der Waals surface area contributed by atoms with Gasteiger partial charge in [-0.25, -0.2) is 13.6 Å². The molecule has 1 heterocycles. The molecule has 0 bridgehead atoms. The largest absolute Gasteiger partial charge is 0.397 e. The van der Waals surface area contributed by atoms with E-state index < -0.39 is 10.0 Å². The summed E-state index contributed by atoms with van der Waals surface area (Å²) < 4.78 is 22.9. The topological polar surface area (TPSA) is 98.2 Å². The molecule has 1 atom stereocenters. The number of benzene rings is 1. The molecule has 1 aromatic carbocycles. The van der Waals surface area contributed by atoms with Gasteiger partial charge in [0.15, 0.2) is 0 Å². The van der Waals surface area contributed by atoms with Crippen molar-refractivity contribution in [3.05, 3.63) is 40.6 Å². The minimum absolute atomic E-state index is 0.0490. The molecule has 0 saturated heterocycles. The lowest BCUT2D eigenvalue weighted by atomic mass is 10.0. The summed E-state index contributed by atoms with van der Waals surface area (Å²) in [4.78, 5) is 1.22. The molecule has 0 aliphatic carbocycles. The molecule has 0 spiro atoms. The van der Waals surface area contributed by atoms with E-state index in [1.165, 1.54) is 17.0 Å². The number of hydrogen-bond donors (Lipinski definition) is 3. The molecule has 7 heteroatoms. The number of thiophene rings is 1. The van der Waals surface area contributed by atoms with E-state index in [2.05, 4.69) is 19.2 Å². The van der Waals surface area contributed by atoms with E-state index in [0.717, 1.165) is 0 Å². The van der Waals surface area contributed by atoms with Crippen LogP contribution in [0.5, 0.6) is 0 Å². The standard InChI is InChI=1S/C14H19N3O2S2/c1-9(2)14(13-4-3-7-20-13)17-12-8-10(21(16,18)19)5-6-11(12)15/h3-9,14,17H,15H2,1-2H3,(H2,16,18,19). The van der Waals surface area contributed by atoms with E-state index in [9.17, 15) is 8.42 Å². The Bertz CT molecular complexity index is 710. The van der Waals surface area contributed by atoms with Gasteiger partial charge in [0.25, 0.3) is 0 Å². The maximum absolute atomic E-state index is 11.5. The van der Waals surface area contributed by atoms with Crippen LogP contribution in [-0.2, 0) is 10.0 Å². The molecule has 0 aliphatic heterocycles. The second-order valence-corrected chi connectivity index (χ2v) is 7.72. The Morgan fingerprint density at radius 2 is 1.95 bits per heavy atom. The molecular formula is C14H19N3O2S2. The van der Waals surface area contributed by atoms with E-state index in [1.54, 1.807) is 17.4 Å². The van der Waals surface area contributed by atoms with Gasteiger partial charge in [-0.3, -0.25) is 0 Å². The molecule has 0 aliphatic rings. The van der Waals surface area contributed by atoms with Crippen molar-refractivity contribution < 1.29 is 8.42 Å². The lowest BCUT2D eigenvalue weighted by Gasteiger charge is -2.23. The molecular weight excluding hydrogens is 306 g/mol. The fourth-order valence-electron chi connectivity index (χ4n) is 2.04. The molecule has 5 nitrogen and oxygen atoms in total. The van der Waals surface area contributed by atoms with Gasteiger partial charge in [-0.1, -0.05) is 19.9 Å². The number of nitrogens with two attached hydrogens (primary N) is 2. The number of sulfonamides is 1. The summed E-state index contributed by atoms with van der Waals surface area (Å²) >= 11 is 1.65. The Balaban J connectivity index is 2.37. The number of nitrogens with one attached hydrogen (secondary N) is 1. The van der Waals surface area contributed by atoms with Crippen LogP contribution in [0.25, 0.3) is 0 Å². The van der Waals surface area contributed by atoms with Gasteiger partial charge in [0, 0.05) is 4.88 Å². The van der Waals surface area contributed by atoms with Crippen molar-refractivity contribution in [2.75, 3.05) is 11.1 Å². The van der Waals surface area contributed by atoms with Crippen molar-refractivity contribution in [2.45, 2.75) is 24.8 Å². The van der Waals surface area contributed by atoms with Gasteiger partial charge in [0.2, 0.25) is 10.0 Å². The average molecular weight is 325 g/mol. The van der Waals surface area contributed by atoms with Gasteiger partial charge < -0.3 is 11.1 Å². The first-order chi connectivity index (χ1) is 9.79. The summed E-state index contributed by atoms with van der Waals surface area (Å²) in [5.74, 6) is 0.321. The number of hydrogen-bond acceptors (Lipinski definition) is 5. The Morgan fingerprint density at radius 1 is 1.24 bits per heavy atom. The SMILES string of the molecule is CC(C)C(Nc1cc(S(N)(=O)=O)ccc1N)c1cccs1. The normalized spacial score (nSPS) is 13.3. The van der Waals surface area contributed by atoms with Crippen molar-refractivity contribution in [1.82, 2.24) is 0 Å². The predicted molar refractivity (Wildman–Crippen MR) is 87.7 cm³/mol. The fraction of sp³-hybridized carbons (Fsp3) is 0.286. The Kier molecular flexibility index (Phi) is 4.55. The van der Waals surface area contributed by atoms with E-state index >= 15 is 0 Å². The summed E-state index contributed by atoms with van der Waals surface area (Å²) in [6, 6.07) is 8.53. The monoisotopic (exact) mass is 325 g/mol. The zero-order valence-corrected chi connectivity index (χ0v) is 13.5. The summed E-state index contributed by atoms with van der Waals surface area (Å²) in [6.07, 6.45) is 0. The molecule has 0 fully saturated rings. The van der Waals surface area contributed by atoms with Gasteiger partial charge in [0.05, 0.1) is 22.3 Å². The number of nitrogen functional groups attached to an aromatic ring is 1. The van der Waals surface area contributed by atoms with Crippen molar-refractivity contribution in [3.63, 3.8) is 0 Å². The van der Waals surface area contributed by atoms with E-state index in [0.29, 0.717) is 17.3 Å². The van der Waals surface area contributed by atoms with E-state index in [4.69, 9.17) is 10.9 Å². The van der Waals surface area contributed by atoms with Crippen LogP contribution in [0.4, 0.5) is 11.4 Å². The highest BCUT2D eigenvalue weighted by atomic mass is 32.2. The maximum Gasteiger partial charge on any atom is 0.238 e. The summed E-state index contributed by atoms with van der Waals surface area (Å²) in [5.41, 5.74) is 7.01. The minimum Gasteiger partial charge on any atom is -0.397 e. The zero-order valence-electron chi connectivity index (χ0n) is 11.9. The number of anilines is 2. The van der Waals surface area contributed by atoms with Crippen LogP contribution in [0.15, 0.2) is 40.6 Å². The summed E-state index contributed by atoms with van der Waals surface area (Å²) in [5, 5.41) is 10.5. The Labute approximate surface area is 129 Å². The third kappa shape index (κ3) is 3.75. The lowest BCUT2D eigenvalue weighted by molar-refractivity contribution is 0.554. The third-order valence-corrected chi connectivity index (χ3v) is 5.05. The van der Waals surface area contributed by atoms with Crippen LogP contribution in [0.1, 0.15) is 24.8 Å².